The maximum Gasteiger partial charge on any atom is 0.169 e. The van der Waals surface area contributed by atoms with Crippen LogP contribution in [-0.4, -0.2) is 10.2 Å². The third kappa shape index (κ3) is 4.80. The summed E-state index contributed by atoms with van der Waals surface area (Å²) in [4.78, 5) is 0. The molecule has 4 heteroatoms. The topological polar surface area (TPSA) is 58.9 Å². The average molecular weight is 396 g/mol. The van der Waals surface area contributed by atoms with Crippen molar-refractivity contribution in [2.24, 2.45) is 0 Å². The lowest BCUT2D eigenvalue weighted by Gasteiger charge is -2.09. The van der Waals surface area contributed by atoms with Crippen LogP contribution < -0.4 is 9.47 Å². The first-order chi connectivity index (χ1) is 14.7. The van der Waals surface area contributed by atoms with Crippen LogP contribution in [0.1, 0.15) is 11.1 Å². The van der Waals surface area contributed by atoms with Gasteiger partial charge in [-0.05, 0) is 59.7 Å². The third-order valence-electron chi connectivity index (χ3n) is 4.38. The maximum atomic E-state index is 10.1. The van der Waals surface area contributed by atoms with Crippen LogP contribution in [0.15, 0.2) is 97.1 Å². The number of hydrogen-bond acceptors (Lipinski definition) is 4. The van der Waals surface area contributed by atoms with Crippen molar-refractivity contribution >= 4 is 12.2 Å². The van der Waals surface area contributed by atoms with Gasteiger partial charge in [0.15, 0.2) is 23.0 Å². The molecule has 0 aliphatic rings. The van der Waals surface area contributed by atoms with Gasteiger partial charge in [0.1, 0.15) is 11.5 Å². The number of benzene rings is 4. The normalized spacial score (nSPS) is 10.8. The van der Waals surface area contributed by atoms with Gasteiger partial charge in [-0.2, -0.15) is 0 Å². The highest BCUT2D eigenvalue weighted by Gasteiger charge is 2.06. The van der Waals surface area contributed by atoms with E-state index in [1.807, 2.05) is 72.8 Å². The molecule has 0 aliphatic heterocycles. The van der Waals surface area contributed by atoms with Crippen LogP contribution in [0.25, 0.3) is 12.2 Å². The van der Waals surface area contributed by atoms with Gasteiger partial charge >= 0.3 is 0 Å². The second kappa shape index (κ2) is 8.88. The molecule has 2 N–H and O–H groups in total. The Labute approximate surface area is 174 Å². The number of aromatic hydroxyl groups is 2. The summed E-state index contributed by atoms with van der Waals surface area (Å²) in [5.74, 6) is 2.19. The Morgan fingerprint density at radius 3 is 1.30 bits per heavy atom. The Hall–Kier alpha value is -4.18. The van der Waals surface area contributed by atoms with Crippen molar-refractivity contribution in [2.45, 2.75) is 0 Å². The molecular weight excluding hydrogens is 376 g/mol. The van der Waals surface area contributed by atoms with Crippen molar-refractivity contribution in [1.29, 1.82) is 0 Å². The van der Waals surface area contributed by atoms with Crippen molar-refractivity contribution in [3.63, 3.8) is 0 Å². The molecule has 0 saturated heterocycles. The van der Waals surface area contributed by atoms with Gasteiger partial charge in [-0.3, -0.25) is 0 Å². The van der Waals surface area contributed by atoms with E-state index in [-0.39, 0.29) is 11.5 Å². The number of ether oxygens (including phenoxy) is 2. The zero-order chi connectivity index (χ0) is 20.8. The van der Waals surface area contributed by atoms with E-state index in [9.17, 15) is 10.2 Å². The fourth-order valence-corrected chi connectivity index (χ4v) is 2.86. The summed E-state index contributed by atoms with van der Waals surface area (Å²) in [6.45, 7) is 0. The lowest BCUT2D eigenvalue weighted by molar-refractivity contribution is 0.411. The largest absolute Gasteiger partial charge is 0.504 e. The van der Waals surface area contributed by atoms with Gasteiger partial charge in [0.05, 0.1) is 0 Å². The monoisotopic (exact) mass is 396 g/mol. The fraction of sp³-hybridized carbons (Fsp3) is 0. The van der Waals surface area contributed by atoms with Gasteiger partial charge in [0.25, 0.3) is 0 Å². The summed E-state index contributed by atoms with van der Waals surface area (Å²) in [5.41, 5.74) is 1.72. The van der Waals surface area contributed by atoms with E-state index in [0.717, 1.165) is 11.1 Å². The highest BCUT2D eigenvalue weighted by atomic mass is 16.5. The first-order valence-electron chi connectivity index (χ1n) is 9.47. The molecule has 4 nitrogen and oxygen atoms in total. The van der Waals surface area contributed by atoms with Crippen LogP contribution in [-0.2, 0) is 0 Å². The summed E-state index contributed by atoms with van der Waals surface area (Å²) < 4.78 is 11.5. The summed E-state index contributed by atoms with van der Waals surface area (Å²) >= 11 is 0. The second-order valence-electron chi connectivity index (χ2n) is 6.62. The molecule has 0 spiro atoms. The first kappa shape index (κ1) is 19.2. The molecule has 30 heavy (non-hydrogen) atoms. The molecule has 0 heterocycles. The van der Waals surface area contributed by atoms with E-state index in [1.54, 1.807) is 36.4 Å². The summed E-state index contributed by atoms with van der Waals surface area (Å²) in [6, 6.07) is 28.9. The molecule has 0 saturated carbocycles. The van der Waals surface area contributed by atoms with Gasteiger partial charge in [-0.1, -0.05) is 60.7 Å². The lowest BCUT2D eigenvalue weighted by Crippen LogP contribution is -1.86. The minimum Gasteiger partial charge on any atom is -0.504 e. The zero-order valence-corrected chi connectivity index (χ0v) is 16.1. The van der Waals surface area contributed by atoms with E-state index >= 15 is 0 Å². The molecule has 0 radical (unpaired) electrons. The average Bonchev–Trinajstić information content (AvgIpc) is 2.78. The van der Waals surface area contributed by atoms with Crippen molar-refractivity contribution in [3.05, 3.63) is 108 Å². The second-order valence-corrected chi connectivity index (χ2v) is 6.62. The molecule has 0 aliphatic carbocycles. The molecule has 0 bridgehead atoms. The van der Waals surface area contributed by atoms with Gasteiger partial charge in [-0.15, -0.1) is 0 Å². The molecule has 4 aromatic carbocycles. The Kier molecular flexibility index (Phi) is 5.67. The predicted octanol–water partition coefficient (Wildman–Crippen LogP) is 6.85. The predicted molar refractivity (Wildman–Crippen MR) is 118 cm³/mol. The third-order valence-corrected chi connectivity index (χ3v) is 4.38. The molecule has 0 amide bonds. The minimum atomic E-state index is 0.0687. The van der Waals surface area contributed by atoms with E-state index < -0.39 is 0 Å². The molecule has 148 valence electrons. The molecular formula is C26H20O4. The number of phenols is 2. The van der Waals surface area contributed by atoms with Crippen LogP contribution in [0.5, 0.6) is 34.5 Å². The van der Waals surface area contributed by atoms with Crippen LogP contribution in [0.4, 0.5) is 0 Å². The van der Waals surface area contributed by atoms with Gasteiger partial charge < -0.3 is 19.7 Å². The van der Waals surface area contributed by atoms with Crippen molar-refractivity contribution < 1.29 is 19.7 Å². The number of rotatable bonds is 6. The number of para-hydroxylation sites is 2. The zero-order valence-electron chi connectivity index (χ0n) is 16.1. The van der Waals surface area contributed by atoms with Crippen molar-refractivity contribution in [3.8, 4) is 34.5 Å². The fourth-order valence-electron chi connectivity index (χ4n) is 2.86. The van der Waals surface area contributed by atoms with Crippen LogP contribution in [0.2, 0.25) is 0 Å². The molecule has 0 atom stereocenters. The molecule has 0 unspecified atom stereocenters. The van der Waals surface area contributed by atoms with Crippen LogP contribution in [0.3, 0.4) is 0 Å². The van der Waals surface area contributed by atoms with E-state index in [1.165, 1.54) is 0 Å². The van der Waals surface area contributed by atoms with Gasteiger partial charge in [0.2, 0.25) is 0 Å². The maximum absolute atomic E-state index is 10.1. The first-order valence-corrected chi connectivity index (χ1v) is 9.47. The smallest absolute Gasteiger partial charge is 0.169 e. The lowest BCUT2D eigenvalue weighted by atomic mass is 10.1. The highest BCUT2D eigenvalue weighted by Crippen LogP contribution is 2.33. The van der Waals surface area contributed by atoms with E-state index in [2.05, 4.69) is 0 Å². The van der Waals surface area contributed by atoms with Gasteiger partial charge in [0, 0.05) is 0 Å². The van der Waals surface area contributed by atoms with Crippen molar-refractivity contribution in [1.82, 2.24) is 0 Å². The minimum absolute atomic E-state index is 0.0687. The summed E-state index contributed by atoms with van der Waals surface area (Å²) in [6.07, 6.45) is 3.80. The summed E-state index contributed by atoms with van der Waals surface area (Å²) in [7, 11) is 0. The Morgan fingerprint density at radius 1 is 0.500 bits per heavy atom. The number of phenolic OH excluding ortho intramolecular Hbond substituents is 2. The van der Waals surface area contributed by atoms with E-state index in [4.69, 9.17) is 9.47 Å². The van der Waals surface area contributed by atoms with Crippen LogP contribution >= 0.6 is 0 Å². The molecule has 0 aromatic heterocycles. The van der Waals surface area contributed by atoms with Gasteiger partial charge in [-0.25, -0.2) is 0 Å². The molecule has 4 aromatic rings. The number of hydrogen-bond donors (Lipinski definition) is 2. The Balaban J connectivity index is 1.53. The Morgan fingerprint density at radius 2 is 0.900 bits per heavy atom. The van der Waals surface area contributed by atoms with E-state index in [0.29, 0.717) is 23.0 Å². The Bertz CT molecular complexity index is 1060. The van der Waals surface area contributed by atoms with Crippen LogP contribution in [0, 0.1) is 0 Å². The summed E-state index contributed by atoms with van der Waals surface area (Å²) in [5, 5.41) is 20.2. The molecule has 4 rings (SSSR count). The molecule has 0 fully saturated rings. The highest BCUT2D eigenvalue weighted by molar-refractivity contribution is 5.72. The quantitative estimate of drug-likeness (QED) is 0.350. The van der Waals surface area contributed by atoms with Crippen molar-refractivity contribution in [2.75, 3.05) is 0 Å². The SMILES string of the molecule is Oc1ccc(C=Cc2ccc(O)c(Oc3ccccc3)c2)cc1Oc1ccccc1. The standard InChI is InChI=1S/C26H20O4/c27-23-15-13-19(17-25(23)29-21-7-3-1-4-8-21)11-12-20-14-16-24(28)26(18-20)30-22-9-5-2-6-10-22/h1-18,27-28H.